The third-order valence-electron chi connectivity index (χ3n) is 3.55. The van der Waals surface area contributed by atoms with Crippen molar-refractivity contribution in [3.63, 3.8) is 0 Å². The van der Waals surface area contributed by atoms with Crippen LogP contribution in [-0.2, 0) is 19.1 Å². The van der Waals surface area contributed by atoms with Gasteiger partial charge in [0.05, 0.1) is 14.2 Å². The summed E-state index contributed by atoms with van der Waals surface area (Å²) in [6.45, 7) is -0.0667. The zero-order valence-electron chi connectivity index (χ0n) is 13.6. The van der Waals surface area contributed by atoms with Gasteiger partial charge in [-0.3, -0.25) is 14.5 Å². The molecule has 2 rings (SSSR count). The van der Waals surface area contributed by atoms with Crippen LogP contribution in [0.3, 0.4) is 0 Å². The molecule has 1 heterocycles. The molecule has 0 aliphatic carbocycles. The zero-order chi connectivity index (χ0) is 17.5. The highest BCUT2D eigenvalue weighted by molar-refractivity contribution is 5.98. The van der Waals surface area contributed by atoms with Gasteiger partial charge in [0.15, 0.2) is 6.61 Å². The zero-order valence-corrected chi connectivity index (χ0v) is 13.6. The second-order valence-corrected chi connectivity index (χ2v) is 5.09. The molecule has 0 saturated carbocycles. The minimum absolute atomic E-state index is 0.227. The van der Waals surface area contributed by atoms with Gasteiger partial charge in [0, 0.05) is 30.7 Å². The van der Waals surface area contributed by atoms with Gasteiger partial charge in [0.25, 0.3) is 5.91 Å². The lowest BCUT2D eigenvalue weighted by Crippen LogP contribution is -2.35. The number of nitrogens with zero attached hydrogens (tertiary/aromatic N) is 1. The molecule has 0 N–H and O–H groups in total. The molecule has 128 valence electrons. The van der Waals surface area contributed by atoms with Crippen molar-refractivity contribution >= 4 is 23.9 Å². The monoisotopic (exact) mass is 333 g/mol. The van der Waals surface area contributed by atoms with Gasteiger partial charge in [-0.25, -0.2) is 4.79 Å². The highest BCUT2D eigenvalue weighted by atomic mass is 16.5. The summed E-state index contributed by atoms with van der Waals surface area (Å²) in [7, 11) is 3.06. The van der Waals surface area contributed by atoms with E-state index in [2.05, 4.69) is 0 Å². The summed E-state index contributed by atoms with van der Waals surface area (Å²) in [5.41, 5.74) is 0.663. The minimum Gasteiger partial charge on any atom is -0.497 e. The molecule has 24 heavy (non-hydrogen) atoms. The number of carbonyl (C=O) groups excluding carboxylic acids is 3. The number of likely N-dealkylation sites (tertiary alicyclic amines) is 1. The van der Waals surface area contributed by atoms with Gasteiger partial charge in [-0.2, -0.15) is 0 Å². The molecule has 7 heteroatoms. The number of esters is 1. The van der Waals surface area contributed by atoms with Crippen molar-refractivity contribution < 1.29 is 28.6 Å². The van der Waals surface area contributed by atoms with Crippen molar-refractivity contribution in [2.75, 3.05) is 27.4 Å². The lowest BCUT2D eigenvalue weighted by molar-refractivity contribution is -0.151. The van der Waals surface area contributed by atoms with Crippen LogP contribution in [0.1, 0.15) is 18.4 Å². The molecule has 1 saturated heterocycles. The standard InChI is InChI=1S/C17H19NO6/c1-22-13-7-5-12(14(10-13)23-2)6-8-17(21)24-11-16(20)18-9-3-4-15(18)19/h5-8,10H,3-4,9,11H2,1-2H3. The minimum atomic E-state index is -0.673. The van der Waals surface area contributed by atoms with E-state index in [4.69, 9.17) is 14.2 Å². The first kappa shape index (κ1) is 17.5. The van der Waals surface area contributed by atoms with E-state index >= 15 is 0 Å². The number of hydrogen-bond acceptors (Lipinski definition) is 6. The maximum absolute atomic E-state index is 11.8. The molecule has 0 unspecified atom stereocenters. The molecule has 2 amide bonds. The average molecular weight is 333 g/mol. The first-order valence-corrected chi connectivity index (χ1v) is 7.45. The molecule has 1 aliphatic heterocycles. The number of carbonyl (C=O) groups is 3. The van der Waals surface area contributed by atoms with Crippen LogP contribution in [0.25, 0.3) is 6.08 Å². The SMILES string of the molecule is COc1ccc(C=CC(=O)OCC(=O)N2CCCC2=O)c(OC)c1. The number of hydrogen-bond donors (Lipinski definition) is 0. The molecule has 1 fully saturated rings. The van der Waals surface area contributed by atoms with Crippen molar-refractivity contribution in [2.24, 2.45) is 0 Å². The fourth-order valence-corrected chi connectivity index (χ4v) is 2.28. The Labute approximate surface area is 139 Å². The fraction of sp³-hybridized carbons (Fsp3) is 0.353. The smallest absolute Gasteiger partial charge is 0.331 e. The quantitative estimate of drug-likeness (QED) is 0.578. The van der Waals surface area contributed by atoms with Crippen LogP contribution >= 0.6 is 0 Å². The van der Waals surface area contributed by atoms with Crippen LogP contribution in [0, 0.1) is 0 Å². The molecule has 0 radical (unpaired) electrons. The van der Waals surface area contributed by atoms with Crippen molar-refractivity contribution in [2.45, 2.75) is 12.8 Å². The molecule has 0 aromatic heterocycles. The lowest BCUT2D eigenvalue weighted by Gasteiger charge is -2.12. The van der Waals surface area contributed by atoms with E-state index in [1.807, 2.05) is 0 Å². The number of methoxy groups -OCH3 is 2. The lowest BCUT2D eigenvalue weighted by atomic mass is 10.2. The maximum atomic E-state index is 11.8. The summed E-state index contributed by atoms with van der Waals surface area (Å²) in [6.07, 6.45) is 3.72. The Balaban J connectivity index is 1.91. The molecular formula is C17H19NO6. The summed E-state index contributed by atoms with van der Waals surface area (Å²) >= 11 is 0. The van der Waals surface area contributed by atoms with Gasteiger partial charge in [0.1, 0.15) is 11.5 Å². The number of rotatable bonds is 6. The number of benzene rings is 1. The molecular weight excluding hydrogens is 314 g/mol. The summed E-state index contributed by atoms with van der Waals surface area (Å²) in [5, 5.41) is 0. The first-order chi connectivity index (χ1) is 11.5. The second kappa shape index (κ2) is 8.14. The van der Waals surface area contributed by atoms with Crippen molar-refractivity contribution in [1.29, 1.82) is 0 Å². The van der Waals surface area contributed by atoms with Crippen LogP contribution in [0.5, 0.6) is 11.5 Å². The second-order valence-electron chi connectivity index (χ2n) is 5.09. The first-order valence-electron chi connectivity index (χ1n) is 7.45. The molecule has 1 aromatic carbocycles. The average Bonchev–Trinajstić information content (AvgIpc) is 3.03. The van der Waals surface area contributed by atoms with Gasteiger partial charge in [-0.05, 0) is 24.6 Å². The fourth-order valence-electron chi connectivity index (χ4n) is 2.28. The summed E-state index contributed by atoms with van der Waals surface area (Å²) in [4.78, 5) is 36.0. The predicted molar refractivity (Wildman–Crippen MR) is 85.5 cm³/mol. The van der Waals surface area contributed by atoms with Crippen LogP contribution in [0.15, 0.2) is 24.3 Å². The number of imide groups is 1. The largest absolute Gasteiger partial charge is 0.497 e. The molecule has 0 atom stereocenters. The van der Waals surface area contributed by atoms with Crippen LogP contribution < -0.4 is 9.47 Å². The van der Waals surface area contributed by atoms with E-state index in [9.17, 15) is 14.4 Å². The van der Waals surface area contributed by atoms with E-state index in [-0.39, 0.29) is 5.91 Å². The van der Waals surface area contributed by atoms with E-state index in [1.165, 1.54) is 19.3 Å². The van der Waals surface area contributed by atoms with Crippen molar-refractivity contribution in [1.82, 2.24) is 4.90 Å². The molecule has 0 bridgehead atoms. The topological polar surface area (TPSA) is 82.1 Å². The predicted octanol–water partition coefficient (Wildman–Crippen LogP) is 1.41. The molecule has 7 nitrogen and oxygen atoms in total. The van der Waals surface area contributed by atoms with Gasteiger partial charge in [-0.15, -0.1) is 0 Å². The Morgan fingerprint density at radius 1 is 1.25 bits per heavy atom. The Morgan fingerprint density at radius 3 is 2.67 bits per heavy atom. The van der Waals surface area contributed by atoms with E-state index < -0.39 is 18.5 Å². The van der Waals surface area contributed by atoms with Crippen LogP contribution in [0.4, 0.5) is 0 Å². The summed E-state index contributed by atoms with van der Waals surface area (Å²) < 4.78 is 15.2. The van der Waals surface area contributed by atoms with E-state index in [1.54, 1.807) is 25.3 Å². The number of amides is 2. The molecule has 1 aliphatic rings. The number of ether oxygens (including phenoxy) is 3. The Morgan fingerprint density at radius 2 is 2.04 bits per heavy atom. The van der Waals surface area contributed by atoms with Gasteiger partial charge in [-0.1, -0.05) is 0 Å². The summed E-state index contributed by atoms with van der Waals surface area (Å²) in [6, 6.07) is 5.15. The molecule has 1 aromatic rings. The molecule has 0 spiro atoms. The third kappa shape index (κ3) is 4.34. The van der Waals surface area contributed by atoms with Crippen molar-refractivity contribution in [3.8, 4) is 11.5 Å². The Bertz CT molecular complexity index is 667. The maximum Gasteiger partial charge on any atom is 0.331 e. The Hall–Kier alpha value is -2.83. The van der Waals surface area contributed by atoms with Gasteiger partial charge in [0.2, 0.25) is 5.91 Å². The van der Waals surface area contributed by atoms with Gasteiger partial charge >= 0.3 is 5.97 Å². The third-order valence-corrected chi connectivity index (χ3v) is 3.55. The Kier molecular flexibility index (Phi) is 5.95. The van der Waals surface area contributed by atoms with E-state index in [0.717, 1.165) is 4.90 Å². The van der Waals surface area contributed by atoms with Crippen LogP contribution in [-0.4, -0.2) is 50.1 Å². The van der Waals surface area contributed by atoms with Crippen LogP contribution in [0.2, 0.25) is 0 Å². The van der Waals surface area contributed by atoms with Crippen molar-refractivity contribution in [3.05, 3.63) is 29.8 Å². The van der Waals surface area contributed by atoms with Gasteiger partial charge < -0.3 is 14.2 Å². The summed E-state index contributed by atoms with van der Waals surface area (Å²) in [5.74, 6) is -0.228. The highest BCUT2D eigenvalue weighted by Gasteiger charge is 2.26. The normalized spacial score (nSPS) is 14.1. The van der Waals surface area contributed by atoms with E-state index in [0.29, 0.717) is 36.4 Å². The highest BCUT2D eigenvalue weighted by Crippen LogP contribution is 2.25.